The van der Waals surface area contributed by atoms with Gasteiger partial charge in [-0.25, -0.2) is 4.79 Å². The van der Waals surface area contributed by atoms with Crippen molar-refractivity contribution < 1.29 is 19.1 Å². The van der Waals surface area contributed by atoms with Gasteiger partial charge in [0, 0.05) is 19.1 Å². The van der Waals surface area contributed by atoms with Crippen LogP contribution in [0.5, 0.6) is 5.75 Å². The summed E-state index contributed by atoms with van der Waals surface area (Å²) in [6.07, 6.45) is 0.452. The fourth-order valence-electron chi connectivity index (χ4n) is 3.05. The zero-order valence-corrected chi connectivity index (χ0v) is 17.0. The maximum Gasteiger partial charge on any atom is 0.409 e. The summed E-state index contributed by atoms with van der Waals surface area (Å²) in [4.78, 5) is 26.0. The SMILES string of the molecule is CC(Oc1ccccc1C(C)C)C(=O)NC1CCN(C(=O)OCCCl)CC1. The highest BCUT2D eigenvalue weighted by molar-refractivity contribution is 6.18. The molecule has 0 radical (unpaired) electrons. The molecule has 1 saturated heterocycles. The predicted molar refractivity (Wildman–Crippen MR) is 105 cm³/mol. The van der Waals surface area contributed by atoms with Gasteiger partial charge in [-0.1, -0.05) is 32.0 Å². The number of piperidine rings is 1. The van der Waals surface area contributed by atoms with Crippen molar-refractivity contribution in [2.75, 3.05) is 25.6 Å². The molecule has 1 aliphatic heterocycles. The predicted octanol–water partition coefficient (Wildman–Crippen LogP) is 3.53. The van der Waals surface area contributed by atoms with Gasteiger partial charge in [0.2, 0.25) is 0 Å². The van der Waals surface area contributed by atoms with Crippen LogP contribution in [0.4, 0.5) is 4.79 Å². The lowest BCUT2D eigenvalue weighted by Gasteiger charge is -2.32. The van der Waals surface area contributed by atoms with Crippen molar-refractivity contribution in [3.63, 3.8) is 0 Å². The number of amides is 2. The summed E-state index contributed by atoms with van der Waals surface area (Å²) in [5.41, 5.74) is 1.08. The Labute approximate surface area is 166 Å². The molecule has 1 aromatic carbocycles. The van der Waals surface area contributed by atoms with Gasteiger partial charge in [-0.3, -0.25) is 4.79 Å². The Bertz CT molecular complexity index is 630. The second-order valence-electron chi connectivity index (χ2n) is 7.03. The number of nitrogens with zero attached hydrogens (tertiary/aromatic N) is 1. The van der Waals surface area contributed by atoms with Gasteiger partial charge >= 0.3 is 6.09 Å². The molecule has 0 bridgehead atoms. The molecule has 1 unspecified atom stereocenters. The van der Waals surface area contributed by atoms with Crippen LogP contribution in [0.1, 0.15) is 45.1 Å². The van der Waals surface area contributed by atoms with Crippen LogP contribution in [-0.4, -0.2) is 54.6 Å². The van der Waals surface area contributed by atoms with Gasteiger partial charge in [0.25, 0.3) is 5.91 Å². The molecule has 1 heterocycles. The molecular weight excluding hydrogens is 368 g/mol. The Morgan fingerprint density at radius 3 is 2.52 bits per heavy atom. The summed E-state index contributed by atoms with van der Waals surface area (Å²) >= 11 is 5.52. The first kappa shape index (κ1) is 21.4. The van der Waals surface area contributed by atoms with Crippen LogP contribution in [0.2, 0.25) is 0 Å². The minimum atomic E-state index is -0.586. The van der Waals surface area contributed by atoms with Crippen LogP contribution in [-0.2, 0) is 9.53 Å². The number of carbonyl (C=O) groups excluding carboxylic acids is 2. The molecule has 1 fully saturated rings. The second-order valence-corrected chi connectivity index (χ2v) is 7.40. The Morgan fingerprint density at radius 1 is 1.22 bits per heavy atom. The van der Waals surface area contributed by atoms with Crippen molar-refractivity contribution >= 4 is 23.6 Å². The van der Waals surface area contributed by atoms with Crippen LogP contribution in [0.3, 0.4) is 0 Å². The summed E-state index contributed by atoms with van der Waals surface area (Å²) in [5, 5.41) is 3.03. The van der Waals surface area contributed by atoms with E-state index >= 15 is 0 Å². The Morgan fingerprint density at radius 2 is 1.89 bits per heavy atom. The first-order chi connectivity index (χ1) is 12.9. The average Bonchev–Trinajstić information content (AvgIpc) is 2.66. The van der Waals surface area contributed by atoms with Crippen LogP contribution >= 0.6 is 11.6 Å². The molecule has 1 N–H and O–H groups in total. The van der Waals surface area contributed by atoms with Gasteiger partial charge < -0.3 is 19.7 Å². The van der Waals surface area contributed by atoms with Crippen molar-refractivity contribution in [2.24, 2.45) is 0 Å². The molecule has 1 aromatic rings. The lowest BCUT2D eigenvalue weighted by Crippen LogP contribution is -2.49. The molecule has 0 saturated carbocycles. The van der Waals surface area contributed by atoms with Crippen LogP contribution < -0.4 is 10.1 Å². The number of rotatable bonds is 7. The fraction of sp³-hybridized carbons (Fsp3) is 0.600. The number of nitrogens with one attached hydrogen (secondary N) is 1. The smallest absolute Gasteiger partial charge is 0.409 e. The highest BCUT2D eigenvalue weighted by Crippen LogP contribution is 2.26. The first-order valence-corrected chi connectivity index (χ1v) is 9.99. The number of hydrogen-bond donors (Lipinski definition) is 1. The van der Waals surface area contributed by atoms with Gasteiger partial charge in [-0.15, -0.1) is 11.6 Å². The molecule has 1 atom stereocenters. The summed E-state index contributed by atoms with van der Waals surface area (Å²) in [5.74, 6) is 1.21. The summed E-state index contributed by atoms with van der Waals surface area (Å²) in [6.45, 7) is 7.27. The van der Waals surface area contributed by atoms with E-state index in [4.69, 9.17) is 21.1 Å². The van der Waals surface area contributed by atoms with Gasteiger partial charge in [0.1, 0.15) is 12.4 Å². The number of likely N-dealkylation sites (tertiary alicyclic amines) is 1. The number of alkyl halides is 1. The number of hydrogen-bond acceptors (Lipinski definition) is 4. The van der Waals surface area contributed by atoms with Crippen molar-refractivity contribution in [3.05, 3.63) is 29.8 Å². The maximum atomic E-state index is 12.5. The normalized spacial score (nSPS) is 16.1. The molecule has 0 aromatic heterocycles. The molecule has 0 spiro atoms. The molecule has 1 aliphatic rings. The molecular formula is C20H29ClN2O4. The van der Waals surface area contributed by atoms with E-state index in [1.54, 1.807) is 11.8 Å². The monoisotopic (exact) mass is 396 g/mol. The highest BCUT2D eigenvalue weighted by Gasteiger charge is 2.26. The maximum absolute atomic E-state index is 12.5. The Hall–Kier alpha value is -1.95. The Kier molecular flexibility index (Phi) is 8.23. The van der Waals surface area contributed by atoms with E-state index in [0.717, 1.165) is 11.3 Å². The molecule has 2 rings (SSSR count). The first-order valence-electron chi connectivity index (χ1n) is 9.46. The number of para-hydroxylation sites is 1. The lowest BCUT2D eigenvalue weighted by atomic mass is 10.0. The molecule has 7 heteroatoms. The quantitative estimate of drug-likeness (QED) is 0.716. The third kappa shape index (κ3) is 6.31. The van der Waals surface area contributed by atoms with Gasteiger partial charge in [-0.2, -0.15) is 0 Å². The molecule has 0 aliphatic carbocycles. The van der Waals surface area contributed by atoms with E-state index in [-0.39, 0.29) is 30.5 Å². The topological polar surface area (TPSA) is 67.9 Å². The standard InChI is InChI=1S/C20H29ClN2O4/c1-14(2)17-6-4-5-7-18(17)27-15(3)19(24)22-16-8-11-23(12-9-16)20(25)26-13-10-21/h4-7,14-16H,8-13H2,1-3H3,(H,22,24). The third-order valence-corrected chi connectivity index (χ3v) is 4.77. The minimum Gasteiger partial charge on any atom is -0.481 e. The zero-order valence-electron chi connectivity index (χ0n) is 16.2. The van der Waals surface area contributed by atoms with E-state index in [1.807, 2.05) is 24.3 Å². The molecule has 2 amide bonds. The minimum absolute atomic E-state index is 0.0287. The largest absolute Gasteiger partial charge is 0.481 e. The van der Waals surface area contributed by atoms with Crippen molar-refractivity contribution in [2.45, 2.75) is 51.7 Å². The summed E-state index contributed by atoms with van der Waals surface area (Å²) < 4.78 is 10.9. The van der Waals surface area contributed by atoms with Gasteiger partial charge in [0.05, 0.1) is 5.88 Å². The summed E-state index contributed by atoms with van der Waals surface area (Å²) in [6, 6.07) is 7.82. The summed E-state index contributed by atoms with van der Waals surface area (Å²) in [7, 11) is 0. The van der Waals surface area contributed by atoms with E-state index in [9.17, 15) is 9.59 Å². The van der Waals surface area contributed by atoms with E-state index < -0.39 is 6.10 Å². The van der Waals surface area contributed by atoms with Gasteiger partial charge in [-0.05, 0) is 37.3 Å². The fourth-order valence-corrected chi connectivity index (χ4v) is 3.13. The average molecular weight is 397 g/mol. The van der Waals surface area contributed by atoms with Crippen LogP contribution in [0.25, 0.3) is 0 Å². The van der Waals surface area contributed by atoms with Crippen LogP contribution in [0.15, 0.2) is 24.3 Å². The highest BCUT2D eigenvalue weighted by atomic mass is 35.5. The molecule has 150 valence electrons. The zero-order chi connectivity index (χ0) is 19.8. The van der Waals surface area contributed by atoms with Crippen LogP contribution in [0, 0.1) is 0 Å². The number of halogens is 1. The second kappa shape index (κ2) is 10.4. The number of carbonyl (C=O) groups is 2. The Balaban J connectivity index is 1.81. The van der Waals surface area contributed by atoms with Gasteiger partial charge in [0.15, 0.2) is 6.10 Å². The lowest BCUT2D eigenvalue weighted by molar-refractivity contribution is -0.128. The third-order valence-electron chi connectivity index (χ3n) is 4.62. The van der Waals surface area contributed by atoms with Crippen molar-refractivity contribution in [1.82, 2.24) is 10.2 Å². The number of benzene rings is 1. The molecule has 27 heavy (non-hydrogen) atoms. The van der Waals surface area contributed by atoms with Crippen molar-refractivity contribution in [1.29, 1.82) is 0 Å². The van der Waals surface area contributed by atoms with Crippen molar-refractivity contribution in [3.8, 4) is 5.75 Å². The van der Waals surface area contributed by atoms with E-state index in [1.165, 1.54) is 0 Å². The van der Waals surface area contributed by atoms with E-state index in [0.29, 0.717) is 31.8 Å². The number of ether oxygens (including phenoxy) is 2. The van der Waals surface area contributed by atoms with E-state index in [2.05, 4.69) is 19.2 Å². The molecule has 6 nitrogen and oxygen atoms in total.